The molecule has 1 aliphatic rings. The standard InChI is InChI=1S/C18H21N5O5S2/c1-3-8-22-16(13-7-9-30(27,28)11-13)20-21-18(22)29-12(2)17(24)19-14-5-4-6-15(10-14)23(25)26/h3-6,10,12-13H,1,7-9,11H2,2H3,(H,19,24)/t12-,13+/m1/s1. The van der Waals surface area contributed by atoms with Gasteiger partial charge in [0.1, 0.15) is 5.82 Å². The number of aromatic nitrogens is 3. The third kappa shape index (κ3) is 5.05. The predicted octanol–water partition coefficient (Wildman–Crippen LogP) is 2.39. The number of nitrogens with zero attached hydrogens (tertiary/aromatic N) is 4. The van der Waals surface area contributed by atoms with Crippen molar-refractivity contribution in [3.8, 4) is 0 Å². The van der Waals surface area contributed by atoms with Crippen molar-refractivity contribution in [2.24, 2.45) is 0 Å². The molecule has 0 aliphatic carbocycles. The molecule has 2 aromatic rings. The fraction of sp³-hybridized carbons (Fsp3) is 0.389. The lowest BCUT2D eigenvalue weighted by Crippen LogP contribution is -2.23. The van der Waals surface area contributed by atoms with E-state index in [4.69, 9.17) is 0 Å². The van der Waals surface area contributed by atoms with Gasteiger partial charge >= 0.3 is 0 Å². The van der Waals surface area contributed by atoms with Crippen LogP contribution in [0.2, 0.25) is 0 Å². The number of allylic oxidation sites excluding steroid dienone is 1. The second kappa shape index (κ2) is 8.96. The van der Waals surface area contributed by atoms with E-state index in [9.17, 15) is 23.3 Å². The maximum absolute atomic E-state index is 12.6. The monoisotopic (exact) mass is 451 g/mol. The van der Waals surface area contributed by atoms with Gasteiger partial charge in [0.15, 0.2) is 15.0 Å². The van der Waals surface area contributed by atoms with Crippen LogP contribution in [0, 0.1) is 10.1 Å². The molecule has 0 bridgehead atoms. The summed E-state index contributed by atoms with van der Waals surface area (Å²) in [6.45, 7) is 5.80. The third-order valence-corrected chi connectivity index (χ3v) is 7.48. The van der Waals surface area contributed by atoms with Gasteiger partial charge in [0.05, 0.1) is 21.7 Å². The van der Waals surface area contributed by atoms with Gasteiger partial charge in [-0.15, -0.1) is 16.8 Å². The largest absolute Gasteiger partial charge is 0.325 e. The highest BCUT2D eigenvalue weighted by Gasteiger charge is 2.33. The van der Waals surface area contributed by atoms with Crippen LogP contribution in [0.15, 0.2) is 42.1 Å². The molecular formula is C18H21N5O5S2. The number of nitro groups is 1. The van der Waals surface area contributed by atoms with Crippen LogP contribution in [-0.4, -0.2) is 50.8 Å². The minimum atomic E-state index is -3.07. The van der Waals surface area contributed by atoms with Crippen molar-refractivity contribution in [1.29, 1.82) is 0 Å². The maximum Gasteiger partial charge on any atom is 0.271 e. The zero-order valence-corrected chi connectivity index (χ0v) is 17.9. The lowest BCUT2D eigenvalue weighted by Gasteiger charge is -2.14. The first-order valence-corrected chi connectivity index (χ1v) is 11.9. The van der Waals surface area contributed by atoms with Gasteiger partial charge in [0, 0.05) is 30.3 Å². The van der Waals surface area contributed by atoms with E-state index in [1.54, 1.807) is 23.6 Å². The van der Waals surface area contributed by atoms with Crippen molar-refractivity contribution in [3.63, 3.8) is 0 Å². The Morgan fingerprint density at radius 1 is 1.50 bits per heavy atom. The molecule has 1 aromatic carbocycles. The number of hydrogen-bond donors (Lipinski definition) is 1. The highest BCUT2D eigenvalue weighted by Crippen LogP contribution is 2.31. The van der Waals surface area contributed by atoms with E-state index in [1.807, 2.05) is 0 Å². The molecule has 3 rings (SSSR count). The number of carbonyl (C=O) groups is 1. The van der Waals surface area contributed by atoms with E-state index >= 15 is 0 Å². The number of carbonyl (C=O) groups excluding carboxylic acids is 1. The first kappa shape index (κ1) is 22.0. The SMILES string of the molecule is C=CCn1c(S[C@H](C)C(=O)Nc2cccc([N+](=O)[O-])c2)nnc1[C@H]1CCS(=O)(=O)C1. The number of benzene rings is 1. The number of anilines is 1. The first-order valence-electron chi connectivity index (χ1n) is 9.16. The lowest BCUT2D eigenvalue weighted by molar-refractivity contribution is -0.384. The molecule has 0 radical (unpaired) electrons. The summed E-state index contributed by atoms with van der Waals surface area (Å²) in [7, 11) is -3.07. The van der Waals surface area contributed by atoms with Crippen molar-refractivity contribution in [2.75, 3.05) is 16.8 Å². The summed E-state index contributed by atoms with van der Waals surface area (Å²) in [6.07, 6.45) is 2.15. The van der Waals surface area contributed by atoms with Crippen molar-refractivity contribution in [1.82, 2.24) is 14.8 Å². The van der Waals surface area contributed by atoms with Gasteiger partial charge in [-0.2, -0.15) is 0 Å². The highest BCUT2D eigenvalue weighted by atomic mass is 32.2. The van der Waals surface area contributed by atoms with Crippen LogP contribution in [0.1, 0.15) is 25.1 Å². The molecule has 30 heavy (non-hydrogen) atoms. The number of non-ortho nitro benzene ring substituents is 1. The maximum atomic E-state index is 12.6. The average Bonchev–Trinajstić information content (AvgIpc) is 3.25. The molecule has 160 valence electrons. The Bertz CT molecular complexity index is 1080. The van der Waals surface area contributed by atoms with Crippen LogP contribution < -0.4 is 5.32 Å². The zero-order valence-electron chi connectivity index (χ0n) is 16.2. The molecular weight excluding hydrogens is 430 g/mol. The Labute approximate surface area is 177 Å². The summed E-state index contributed by atoms with van der Waals surface area (Å²) in [4.78, 5) is 22.9. The first-order chi connectivity index (χ1) is 14.2. The number of thioether (sulfide) groups is 1. The smallest absolute Gasteiger partial charge is 0.271 e. The van der Waals surface area contributed by atoms with Crippen molar-refractivity contribution < 1.29 is 18.1 Å². The van der Waals surface area contributed by atoms with E-state index in [2.05, 4.69) is 22.1 Å². The summed E-state index contributed by atoms with van der Waals surface area (Å²) >= 11 is 1.17. The van der Waals surface area contributed by atoms with Crippen LogP contribution in [-0.2, 0) is 21.2 Å². The van der Waals surface area contributed by atoms with Crippen molar-refractivity contribution in [2.45, 2.75) is 36.2 Å². The van der Waals surface area contributed by atoms with Crippen LogP contribution in [0.3, 0.4) is 0 Å². The van der Waals surface area contributed by atoms with Gasteiger partial charge in [-0.05, 0) is 19.4 Å². The second-order valence-electron chi connectivity index (χ2n) is 6.90. The quantitative estimate of drug-likeness (QED) is 0.279. The molecule has 0 spiro atoms. The summed E-state index contributed by atoms with van der Waals surface area (Å²) in [5.74, 6) is 0.160. The topological polar surface area (TPSA) is 137 Å². The van der Waals surface area contributed by atoms with Crippen LogP contribution in [0.5, 0.6) is 0 Å². The number of rotatable bonds is 8. The predicted molar refractivity (Wildman–Crippen MR) is 113 cm³/mol. The minimum Gasteiger partial charge on any atom is -0.325 e. The van der Waals surface area contributed by atoms with Crippen LogP contribution in [0.4, 0.5) is 11.4 Å². The Balaban J connectivity index is 1.73. The van der Waals surface area contributed by atoms with E-state index in [0.717, 1.165) is 0 Å². The highest BCUT2D eigenvalue weighted by molar-refractivity contribution is 8.00. The minimum absolute atomic E-state index is 0.0375. The van der Waals surface area contributed by atoms with Gasteiger partial charge in [0.2, 0.25) is 5.91 Å². The fourth-order valence-corrected chi connectivity index (χ4v) is 5.75. The third-order valence-electron chi connectivity index (χ3n) is 4.63. The summed E-state index contributed by atoms with van der Waals surface area (Å²) < 4.78 is 25.4. The van der Waals surface area contributed by atoms with E-state index in [0.29, 0.717) is 29.6 Å². The van der Waals surface area contributed by atoms with Crippen LogP contribution in [0.25, 0.3) is 0 Å². The van der Waals surface area contributed by atoms with Gasteiger partial charge in [-0.1, -0.05) is 23.9 Å². The van der Waals surface area contributed by atoms with Crippen molar-refractivity contribution >= 4 is 38.9 Å². The van der Waals surface area contributed by atoms with E-state index in [-0.39, 0.29) is 29.0 Å². The molecule has 1 saturated heterocycles. The number of hydrogen-bond acceptors (Lipinski definition) is 8. The number of nitrogens with one attached hydrogen (secondary N) is 1. The Hall–Kier alpha value is -2.73. The molecule has 1 amide bonds. The Morgan fingerprint density at radius 2 is 2.27 bits per heavy atom. The van der Waals surface area contributed by atoms with E-state index in [1.165, 1.54) is 30.0 Å². The average molecular weight is 452 g/mol. The number of amides is 1. The second-order valence-corrected chi connectivity index (χ2v) is 10.4. The molecule has 1 aromatic heterocycles. The Kier molecular flexibility index (Phi) is 6.56. The van der Waals surface area contributed by atoms with Gasteiger partial charge in [-0.25, -0.2) is 8.42 Å². The van der Waals surface area contributed by atoms with Gasteiger partial charge in [0.25, 0.3) is 5.69 Å². The molecule has 2 heterocycles. The number of sulfone groups is 1. The molecule has 12 heteroatoms. The van der Waals surface area contributed by atoms with Gasteiger partial charge in [-0.3, -0.25) is 14.9 Å². The van der Waals surface area contributed by atoms with Crippen LogP contribution >= 0.6 is 11.8 Å². The normalized spacial score (nSPS) is 18.6. The van der Waals surface area contributed by atoms with E-state index < -0.39 is 20.0 Å². The fourth-order valence-electron chi connectivity index (χ4n) is 3.14. The molecule has 1 aliphatic heterocycles. The van der Waals surface area contributed by atoms with Gasteiger partial charge < -0.3 is 9.88 Å². The summed E-state index contributed by atoms with van der Waals surface area (Å²) in [6, 6.07) is 5.69. The summed E-state index contributed by atoms with van der Waals surface area (Å²) in [5.41, 5.74) is 0.209. The molecule has 2 atom stereocenters. The molecule has 10 nitrogen and oxygen atoms in total. The molecule has 0 unspecified atom stereocenters. The molecule has 1 fully saturated rings. The van der Waals surface area contributed by atoms with Crippen molar-refractivity contribution in [3.05, 3.63) is 52.9 Å². The summed E-state index contributed by atoms with van der Waals surface area (Å²) in [5, 5.41) is 21.8. The molecule has 1 N–H and O–H groups in total. The zero-order chi connectivity index (χ0) is 21.9. The molecule has 0 saturated carbocycles. The number of nitro benzene ring substituents is 1. The lowest BCUT2D eigenvalue weighted by atomic mass is 10.1. The Morgan fingerprint density at radius 3 is 2.90 bits per heavy atom.